The summed E-state index contributed by atoms with van der Waals surface area (Å²) < 4.78 is 5.60. The average molecular weight is 367 g/mol. The Morgan fingerprint density at radius 3 is 2.92 bits per heavy atom. The number of benzene rings is 2. The highest BCUT2D eigenvalue weighted by atomic mass is 32.2. The van der Waals surface area contributed by atoms with Crippen LogP contribution in [0.4, 0.5) is 11.4 Å². The Hall–Kier alpha value is -2.80. The minimum Gasteiger partial charge on any atom is -0.431 e. The van der Waals surface area contributed by atoms with E-state index in [1.165, 1.54) is 11.8 Å². The number of carbonyl (C=O) groups is 2. The van der Waals surface area contributed by atoms with Crippen LogP contribution in [-0.4, -0.2) is 29.1 Å². The lowest BCUT2D eigenvalue weighted by molar-refractivity contribution is -0.116. The summed E-state index contributed by atoms with van der Waals surface area (Å²) in [5.41, 5.74) is 4.23. The summed E-state index contributed by atoms with van der Waals surface area (Å²) in [4.78, 5) is 29.9. The Morgan fingerprint density at radius 2 is 2.12 bits per heavy atom. The van der Waals surface area contributed by atoms with E-state index in [0.29, 0.717) is 17.4 Å². The van der Waals surface area contributed by atoms with Crippen LogP contribution in [0, 0.1) is 0 Å². The number of oxazole rings is 1. The average Bonchev–Trinajstić information content (AvgIpc) is 3.23. The van der Waals surface area contributed by atoms with Crippen molar-refractivity contribution in [2.45, 2.75) is 18.6 Å². The van der Waals surface area contributed by atoms with Crippen molar-refractivity contribution >= 4 is 46.1 Å². The van der Waals surface area contributed by atoms with Crippen molar-refractivity contribution in [2.24, 2.45) is 0 Å². The third kappa shape index (κ3) is 3.30. The summed E-state index contributed by atoms with van der Waals surface area (Å²) in [6, 6.07) is 13.1. The Morgan fingerprint density at radius 1 is 1.27 bits per heavy atom. The molecule has 2 aromatic carbocycles. The van der Waals surface area contributed by atoms with Gasteiger partial charge in [-0.2, -0.15) is 0 Å². The third-order valence-corrected chi connectivity index (χ3v) is 5.07. The van der Waals surface area contributed by atoms with Crippen molar-refractivity contribution in [3.05, 3.63) is 48.0 Å². The first-order valence-corrected chi connectivity index (χ1v) is 9.28. The maximum absolute atomic E-state index is 12.2. The number of carbonyl (C=O) groups excluding carboxylic acids is 2. The number of para-hydroxylation sites is 2. The van der Waals surface area contributed by atoms with E-state index in [1.54, 1.807) is 11.8 Å². The SMILES string of the molecule is CC(=O)N1CCc2cc(NC(=O)CSc3nc4ccccc4o3)ccc21. The second-order valence-corrected chi connectivity index (χ2v) is 6.98. The quantitative estimate of drug-likeness (QED) is 0.715. The molecule has 4 rings (SSSR count). The zero-order chi connectivity index (χ0) is 18.1. The molecule has 0 saturated carbocycles. The van der Waals surface area contributed by atoms with E-state index >= 15 is 0 Å². The van der Waals surface area contributed by atoms with Crippen LogP contribution in [-0.2, 0) is 16.0 Å². The topological polar surface area (TPSA) is 75.4 Å². The maximum atomic E-state index is 12.2. The van der Waals surface area contributed by atoms with Gasteiger partial charge in [0.05, 0.1) is 5.75 Å². The Balaban J connectivity index is 1.38. The van der Waals surface area contributed by atoms with Crippen LogP contribution in [0.15, 0.2) is 52.1 Å². The molecule has 0 spiro atoms. The van der Waals surface area contributed by atoms with E-state index in [1.807, 2.05) is 42.5 Å². The third-order valence-electron chi connectivity index (χ3n) is 4.24. The standard InChI is InChI=1S/C19H17N3O3S/c1-12(23)22-9-8-13-10-14(6-7-16(13)22)20-18(24)11-26-19-21-15-4-2-3-5-17(15)25-19/h2-7,10H,8-9,11H2,1H3,(H,20,24). The fraction of sp³-hybridized carbons (Fsp3) is 0.211. The van der Waals surface area contributed by atoms with Gasteiger partial charge in [0.2, 0.25) is 11.8 Å². The van der Waals surface area contributed by atoms with Gasteiger partial charge in [-0.3, -0.25) is 9.59 Å². The van der Waals surface area contributed by atoms with E-state index < -0.39 is 0 Å². The van der Waals surface area contributed by atoms with Crippen LogP contribution < -0.4 is 10.2 Å². The van der Waals surface area contributed by atoms with Crippen LogP contribution in [0.2, 0.25) is 0 Å². The fourth-order valence-corrected chi connectivity index (χ4v) is 3.68. The Labute approximate surface area is 154 Å². The van der Waals surface area contributed by atoms with Gasteiger partial charge in [-0.05, 0) is 42.3 Å². The highest BCUT2D eigenvalue weighted by Crippen LogP contribution is 2.30. The Bertz CT molecular complexity index is 966. The summed E-state index contributed by atoms with van der Waals surface area (Å²) in [6.07, 6.45) is 0.802. The number of anilines is 2. The van der Waals surface area contributed by atoms with Crippen molar-refractivity contribution in [1.82, 2.24) is 4.98 Å². The molecule has 2 amide bonds. The fourth-order valence-electron chi connectivity index (χ4n) is 3.04. The largest absolute Gasteiger partial charge is 0.431 e. The first-order valence-electron chi connectivity index (χ1n) is 8.29. The molecule has 1 N–H and O–H groups in total. The number of hydrogen-bond acceptors (Lipinski definition) is 5. The molecule has 0 unspecified atom stereocenters. The first kappa shape index (κ1) is 16.7. The van der Waals surface area contributed by atoms with Gasteiger partial charge in [0.15, 0.2) is 5.58 Å². The molecule has 26 heavy (non-hydrogen) atoms. The Kier molecular flexibility index (Phi) is 4.38. The molecular formula is C19H17N3O3S. The van der Waals surface area contributed by atoms with Gasteiger partial charge < -0.3 is 14.6 Å². The molecule has 6 nitrogen and oxygen atoms in total. The molecule has 0 radical (unpaired) electrons. The molecular weight excluding hydrogens is 350 g/mol. The van der Waals surface area contributed by atoms with Gasteiger partial charge in [0.1, 0.15) is 5.52 Å². The van der Waals surface area contributed by atoms with Gasteiger partial charge in [-0.1, -0.05) is 23.9 Å². The number of fused-ring (bicyclic) bond motifs is 2. The van der Waals surface area contributed by atoms with E-state index in [4.69, 9.17) is 4.42 Å². The molecule has 0 bridgehead atoms. The number of rotatable bonds is 4. The molecule has 3 aromatic rings. The summed E-state index contributed by atoms with van der Waals surface area (Å²) in [5.74, 6) is 0.123. The monoisotopic (exact) mass is 367 g/mol. The number of aromatic nitrogens is 1. The molecule has 1 aliphatic rings. The van der Waals surface area contributed by atoms with E-state index in [2.05, 4.69) is 10.3 Å². The number of hydrogen-bond donors (Lipinski definition) is 1. The lowest BCUT2D eigenvalue weighted by Gasteiger charge is -2.15. The molecule has 0 saturated heterocycles. The molecule has 2 heterocycles. The summed E-state index contributed by atoms with van der Waals surface area (Å²) >= 11 is 1.26. The van der Waals surface area contributed by atoms with Gasteiger partial charge in [-0.15, -0.1) is 0 Å². The number of thioether (sulfide) groups is 1. The predicted molar refractivity (Wildman–Crippen MR) is 102 cm³/mol. The van der Waals surface area contributed by atoms with Gasteiger partial charge in [0.25, 0.3) is 5.22 Å². The van der Waals surface area contributed by atoms with Crippen molar-refractivity contribution in [2.75, 3.05) is 22.5 Å². The van der Waals surface area contributed by atoms with Crippen molar-refractivity contribution in [3.8, 4) is 0 Å². The summed E-state index contributed by atoms with van der Waals surface area (Å²) in [5, 5.41) is 3.37. The number of amides is 2. The zero-order valence-corrected chi connectivity index (χ0v) is 15.0. The molecule has 1 aliphatic heterocycles. The molecule has 0 atom stereocenters. The van der Waals surface area contributed by atoms with Crippen LogP contribution in [0.3, 0.4) is 0 Å². The highest BCUT2D eigenvalue weighted by Gasteiger charge is 2.22. The van der Waals surface area contributed by atoms with Gasteiger partial charge in [0, 0.05) is 24.8 Å². The lowest BCUT2D eigenvalue weighted by atomic mass is 10.1. The van der Waals surface area contributed by atoms with E-state index in [9.17, 15) is 9.59 Å². The number of nitrogens with zero attached hydrogens (tertiary/aromatic N) is 2. The molecule has 7 heteroatoms. The minimum absolute atomic E-state index is 0.0373. The lowest BCUT2D eigenvalue weighted by Crippen LogP contribution is -2.25. The second kappa shape index (κ2) is 6.84. The minimum atomic E-state index is -0.126. The smallest absolute Gasteiger partial charge is 0.257 e. The van der Waals surface area contributed by atoms with E-state index in [-0.39, 0.29) is 17.6 Å². The molecule has 1 aromatic heterocycles. The van der Waals surface area contributed by atoms with Gasteiger partial charge >= 0.3 is 0 Å². The number of nitrogens with one attached hydrogen (secondary N) is 1. The van der Waals surface area contributed by atoms with Gasteiger partial charge in [-0.25, -0.2) is 4.98 Å². The van der Waals surface area contributed by atoms with Crippen molar-refractivity contribution in [3.63, 3.8) is 0 Å². The maximum Gasteiger partial charge on any atom is 0.257 e. The second-order valence-electron chi connectivity index (χ2n) is 6.05. The zero-order valence-electron chi connectivity index (χ0n) is 14.2. The van der Waals surface area contributed by atoms with Crippen molar-refractivity contribution in [1.29, 1.82) is 0 Å². The first-order chi connectivity index (χ1) is 12.6. The molecule has 0 aliphatic carbocycles. The highest BCUT2D eigenvalue weighted by molar-refractivity contribution is 7.99. The molecule has 132 valence electrons. The summed E-state index contributed by atoms with van der Waals surface area (Å²) in [6.45, 7) is 2.25. The van der Waals surface area contributed by atoms with Crippen LogP contribution in [0.5, 0.6) is 0 Å². The van der Waals surface area contributed by atoms with E-state index in [0.717, 1.165) is 28.9 Å². The summed E-state index contributed by atoms with van der Waals surface area (Å²) in [7, 11) is 0. The van der Waals surface area contributed by atoms with Crippen LogP contribution in [0.1, 0.15) is 12.5 Å². The van der Waals surface area contributed by atoms with Crippen LogP contribution >= 0.6 is 11.8 Å². The molecule has 0 fully saturated rings. The normalized spacial score (nSPS) is 13.0. The van der Waals surface area contributed by atoms with Crippen LogP contribution in [0.25, 0.3) is 11.1 Å². The van der Waals surface area contributed by atoms with Crippen molar-refractivity contribution < 1.29 is 14.0 Å². The predicted octanol–water partition coefficient (Wildman–Crippen LogP) is 3.47.